The summed E-state index contributed by atoms with van der Waals surface area (Å²) in [7, 11) is 1.88. The van der Waals surface area contributed by atoms with Gasteiger partial charge in [-0.3, -0.25) is 4.98 Å². The predicted octanol–water partition coefficient (Wildman–Crippen LogP) is 2.50. The van der Waals surface area contributed by atoms with Gasteiger partial charge in [0, 0.05) is 18.1 Å². The predicted molar refractivity (Wildman–Crippen MR) is 68.0 cm³/mol. The summed E-state index contributed by atoms with van der Waals surface area (Å²) in [4.78, 5) is 8.52. The van der Waals surface area contributed by atoms with Crippen molar-refractivity contribution in [1.29, 1.82) is 0 Å². The zero-order valence-electron chi connectivity index (χ0n) is 9.32. The Morgan fingerprint density at radius 3 is 2.81 bits per heavy atom. The molecule has 0 bridgehead atoms. The van der Waals surface area contributed by atoms with Gasteiger partial charge in [-0.25, -0.2) is 4.98 Å². The highest BCUT2D eigenvalue weighted by Gasteiger charge is 1.99. The van der Waals surface area contributed by atoms with E-state index in [1.807, 2.05) is 20.0 Å². The smallest absolute Gasteiger partial charge is 0.112 e. The topological polar surface area (TPSA) is 49.8 Å². The lowest BCUT2D eigenvalue weighted by Gasteiger charge is -2.05. The second kappa shape index (κ2) is 4.94. The molecule has 5 heteroatoms. The Morgan fingerprint density at radius 1 is 1.31 bits per heavy atom. The number of aromatic nitrogens is 2. The standard InChI is InChI=1S/C11H14N4S/c1-8-7-16-11(15-8)6-14-10-3-9(12-2)4-13-5-10/h3-5,7,12,14H,6H2,1-2H3. The van der Waals surface area contributed by atoms with Crippen LogP contribution >= 0.6 is 11.3 Å². The zero-order valence-corrected chi connectivity index (χ0v) is 10.1. The van der Waals surface area contributed by atoms with Crippen LogP contribution in [0.3, 0.4) is 0 Å². The van der Waals surface area contributed by atoms with E-state index >= 15 is 0 Å². The molecule has 0 aromatic carbocycles. The fourth-order valence-electron chi connectivity index (χ4n) is 1.33. The fourth-order valence-corrected chi connectivity index (χ4v) is 2.05. The van der Waals surface area contributed by atoms with E-state index in [4.69, 9.17) is 0 Å². The first kappa shape index (κ1) is 10.9. The molecule has 0 aliphatic rings. The summed E-state index contributed by atoms with van der Waals surface area (Å²) < 4.78 is 0. The van der Waals surface area contributed by atoms with Crippen molar-refractivity contribution in [1.82, 2.24) is 9.97 Å². The molecule has 2 N–H and O–H groups in total. The number of aryl methyl sites for hydroxylation is 1. The van der Waals surface area contributed by atoms with Gasteiger partial charge in [0.1, 0.15) is 5.01 Å². The van der Waals surface area contributed by atoms with Gasteiger partial charge in [0.05, 0.1) is 30.3 Å². The minimum atomic E-state index is 0.743. The summed E-state index contributed by atoms with van der Waals surface area (Å²) in [6, 6.07) is 2.02. The Balaban J connectivity index is 1.99. The summed E-state index contributed by atoms with van der Waals surface area (Å²) in [6.45, 7) is 2.75. The third-order valence-corrected chi connectivity index (χ3v) is 3.10. The maximum absolute atomic E-state index is 4.39. The molecule has 0 amide bonds. The summed E-state index contributed by atoms with van der Waals surface area (Å²) in [5.41, 5.74) is 3.07. The molecule has 2 aromatic heterocycles. The largest absolute Gasteiger partial charge is 0.387 e. The number of thiazole rings is 1. The van der Waals surface area contributed by atoms with Gasteiger partial charge in [0.15, 0.2) is 0 Å². The van der Waals surface area contributed by atoms with Crippen molar-refractivity contribution in [3.63, 3.8) is 0 Å². The highest BCUT2D eigenvalue weighted by molar-refractivity contribution is 7.09. The first-order valence-corrected chi connectivity index (χ1v) is 5.93. The van der Waals surface area contributed by atoms with Crippen LogP contribution in [0.4, 0.5) is 11.4 Å². The number of pyridine rings is 1. The Morgan fingerprint density at radius 2 is 2.12 bits per heavy atom. The van der Waals surface area contributed by atoms with E-state index in [1.54, 1.807) is 23.7 Å². The van der Waals surface area contributed by atoms with Gasteiger partial charge in [0.25, 0.3) is 0 Å². The van der Waals surface area contributed by atoms with Gasteiger partial charge in [-0.1, -0.05) is 0 Å². The molecule has 0 aliphatic carbocycles. The van der Waals surface area contributed by atoms with Gasteiger partial charge >= 0.3 is 0 Å². The van der Waals surface area contributed by atoms with E-state index < -0.39 is 0 Å². The lowest BCUT2D eigenvalue weighted by molar-refractivity contribution is 1.07. The van der Waals surface area contributed by atoms with Gasteiger partial charge in [0.2, 0.25) is 0 Å². The van der Waals surface area contributed by atoms with Crippen molar-refractivity contribution in [3.05, 3.63) is 34.5 Å². The van der Waals surface area contributed by atoms with Gasteiger partial charge in [-0.15, -0.1) is 11.3 Å². The molecular formula is C11H14N4S. The first-order chi connectivity index (χ1) is 7.78. The molecule has 2 aromatic rings. The Bertz CT molecular complexity index is 467. The maximum atomic E-state index is 4.39. The van der Waals surface area contributed by atoms with Crippen LogP contribution in [0.2, 0.25) is 0 Å². The quantitative estimate of drug-likeness (QED) is 0.853. The summed E-state index contributed by atoms with van der Waals surface area (Å²) >= 11 is 1.67. The van der Waals surface area contributed by atoms with Gasteiger partial charge in [-0.05, 0) is 13.0 Å². The molecule has 0 saturated carbocycles. The van der Waals surface area contributed by atoms with E-state index in [-0.39, 0.29) is 0 Å². The lowest BCUT2D eigenvalue weighted by atomic mass is 10.3. The van der Waals surface area contributed by atoms with Gasteiger partial charge < -0.3 is 10.6 Å². The van der Waals surface area contributed by atoms with Crippen LogP contribution in [0.25, 0.3) is 0 Å². The number of hydrogen-bond donors (Lipinski definition) is 2. The molecule has 0 spiro atoms. The average Bonchev–Trinajstić information content (AvgIpc) is 2.73. The highest BCUT2D eigenvalue weighted by atomic mass is 32.1. The van der Waals surface area contributed by atoms with E-state index in [0.717, 1.165) is 28.6 Å². The number of hydrogen-bond acceptors (Lipinski definition) is 5. The van der Waals surface area contributed by atoms with E-state index in [1.165, 1.54) is 0 Å². The second-order valence-electron chi connectivity index (χ2n) is 3.45. The lowest BCUT2D eigenvalue weighted by Crippen LogP contribution is -2.00. The minimum absolute atomic E-state index is 0.743. The molecule has 2 rings (SSSR count). The maximum Gasteiger partial charge on any atom is 0.112 e. The molecule has 0 atom stereocenters. The molecule has 16 heavy (non-hydrogen) atoms. The summed E-state index contributed by atoms with van der Waals surface area (Å²) in [6.07, 6.45) is 3.60. The molecule has 0 fully saturated rings. The number of nitrogens with zero attached hydrogens (tertiary/aromatic N) is 2. The van der Waals surface area contributed by atoms with Crippen LogP contribution in [-0.2, 0) is 6.54 Å². The van der Waals surface area contributed by atoms with Crippen molar-refractivity contribution >= 4 is 22.7 Å². The molecule has 0 unspecified atom stereocenters. The summed E-state index contributed by atoms with van der Waals surface area (Å²) in [5, 5.41) is 9.49. The molecule has 0 radical (unpaired) electrons. The third kappa shape index (κ3) is 2.70. The average molecular weight is 234 g/mol. The Labute approximate surface area is 98.8 Å². The Hall–Kier alpha value is -1.62. The van der Waals surface area contributed by atoms with Gasteiger partial charge in [-0.2, -0.15) is 0 Å². The van der Waals surface area contributed by atoms with Crippen LogP contribution < -0.4 is 10.6 Å². The Kier molecular flexibility index (Phi) is 3.36. The van der Waals surface area contributed by atoms with E-state index in [0.29, 0.717) is 0 Å². The third-order valence-electron chi connectivity index (χ3n) is 2.14. The fraction of sp³-hybridized carbons (Fsp3) is 0.273. The first-order valence-electron chi connectivity index (χ1n) is 5.05. The van der Waals surface area contributed by atoms with Crippen molar-refractivity contribution in [3.8, 4) is 0 Å². The zero-order chi connectivity index (χ0) is 11.4. The number of anilines is 2. The second-order valence-corrected chi connectivity index (χ2v) is 4.39. The molecule has 84 valence electrons. The van der Waals surface area contributed by atoms with Crippen molar-refractivity contribution in [2.45, 2.75) is 13.5 Å². The molecule has 4 nitrogen and oxygen atoms in total. The number of nitrogens with one attached hydrogen (secondary N) is 2. The van der Waals surface area contributed by atoms with Crippen molar-refractivity contribution < 1.29 is 0 Å². The monoisotopic (exact) mass is 234 g/mol. The van der Waals surface area contributed by atoms with Crippen LogP contribution in [0, 0.1) is 6.92 Å². The van der Waals surface area contributed by atoms with Crippen LogP contribution in [-0.4, -0.2) is 17.0 Å². The molecule has 0 saturated heterocycles. The van der Waals surface area contributed by atoms with E-state index in [9.17, 15) is 0 Å². The minimum Gasteiger partial charge on any atom is -0.387 e. The van der Waals surface area contributed by atoms with Crippen molar-refractivity contribution in [2.75, 3.05) is 17.7 Å². The van der Waals surface area contributed by atoms with Crippen molar-refractivity contribution in [2.24, 2.45) is 0 Å². The molecule has 2 heterocycles. The van der Waals surface area contributed by atoms with Crippen LogP contribution in [0.1, 0.15) is 10.7 Å². The molecule has 0 aliphatic heterocycles. The summed E-state index contributed by atoms with van der Waals surface area (Å²) in [5.74, 6) is 0. The highest BCUT2D eigenvalue weighted by Crippen LogP contribution is 2.15. The van der Waals surface area contributed by atoms with Crippen LogP contribution in [0.15, 0.2) is 23.8 Å². The molecular weight excluding hydrogens is 220 g/mol. The normalized spacial score (nSPS) is 10.1. The SMILES string of the molecule is CNc1cncc(NCc2nc(C)cs2)c1. The number of rotatable bonds is 4. The van der Waals surface area contributed by atoms with Crippen LogP contribution in [0.5, 0.6) is 0 Å². The van der Waals surface area contributed by atoms with E-state index in [2.05, 4.69) is 26.0 Å².